The highest BCUT2D eigenvalue weighted by atomic mass is 35.5. The monoisotopic (exact) mass is 259 g/mol. The van der Waals surface area contributed by atoms with E-state index in [1.54, 1.807) is 0 Å². The average molecular weight is 260 g/mol. The smallest absolute Gasteiger partial charge is 0.224 e. The number of rotatable bonds is 3. The summed E-state index contributed by atoms with van der Waals surface area (Å²) in [5.41, 5.74) is 7.92. The fourth-order valence-electron chi connectivity index (χ4n) is 1.40. The van der Waals surface area contributed by atoms with Gasteiger partial charge in [0.1, 0.15) is 0 Å². The summed E-state index contributed by atoms with van der Waals surface area (Å²) in [7, 11) is 0. The van der Waals surface area contributed by atoms with Gasteiger partial charge in [-0.15, -0.1) is 0 Å². The maximum absolute atomic E-state index is 8.58. The maximum atomic E-state index is 8.58. The molecule has 0 saturated carbocycles. The first-order valence-corrected chi connectivity index (χ1v) is 5.58. The lowest BCUT2D eigenvalue weighted by Crippen LogP contribution is -2.00. The normalized spacial score (nSPS) is 9.78. The molecule has 1 heterocycles. The molecule has 2 rings (SSSR count). The van der Waals surface area contributed by atoms with Gasteiger partial charge < -0.3 is 11.1 Å². The van der Waals surface area contributed by atoms with Crippen molar-refractivity contribution >= 4 is 28.8 Å². The van der Waals surface area contributed by atoms with Crippen LogP contribution in [0.25, 0.3) is 0 Å². The minimum absolute atomic E-state index is 0.132. The van der Waals surface area contributed by atoms with E-state index in [0.29, 0.717) is 17.9 Å². The van der Waals surface area contributed by atoms with Crippen LogP contribution in [0.2, 0.25) is 5.28 Å². The van der Waals surface area contributed by atoms with Gasteiger partial charge in [-0.25, -0.2) is 4.98 Å². The number of halogens is 1. The van der Waals surface area contributed by atoms with Gasteiger partial charge in [-0.1, -0.05) is 12.1 Å². The molecule has 0 amide bonds. The number of nitriles is 1. The van der Waals surface area contributed by atoms with Crippen LogP contribution in [0.3, 0.4) is 0 Å². The molecule has 0 radical (unpaired) electrons. The molecule has 1 aromatic heterocycles. The van der Waals surface area contributed by atoms with Crippen LogP contribution in [0.4, 0.5) is 17.2 Å². The van der Waals surface area contributed by atoms with Crippen LogP contribution in [0.5, 0.6) is 0 Å². The summed E-state index contributed by atoms with van der Waals surface area (Å²) in [5, 5.41) is 11.7. The molecule has 0 bridgehead atoms. The van der Waals surface area contributed by atoms with Crippen LogP contribution in [-0.2, 0) is 6.42 Å². The van der Waals surface area contributed by atoms with Gasteiger partial charge in [0, 0.05) is 5.69 Å². The zero-order chi connectivity index (χ0) is 13.0. The summed E-state index contributed by atoms with van der Waals surface area (Å²) in [6, 6.07) is 9.52. The third-order valence-electron chi connectivity index (χ3n) is 2.29. The maximum Gasteiger partial charge on any atom is 0.224 e. The van der Waals surface area contributed by atoms with Crippen LogP contribution >= 0.6 is 11.6 Å². The number of nitrogens with two attached hydrogens (primary N) is 1. The summed E-state index contributed by atoms with van der Waals surface area (Å²) in [5.74, 6) is 0.461. The van der Waals surface area contributed by atoms with Crippen LogP contribution in [0.1, 0.15) is 5.56 Å². The minimum atomic E-state index is 0.132. The molecule has 3 N–H and O–H groups in total. The SMILES string of the molecule is N#CCc1ccc(Nc2nc(Cl)ncc2N)cc1. The van der Waals surface area contributed by atoms with Gasteiger partial charge in [0.2, 0.25) is 5.28 Å². The molecule has 0 spiro atoms. The Labute approximate surface area is 109 Å². The quantitative estimate of drug-likeness (QED) is 0.827. The fraction of sp³-hybridized carbons (Fsp3) is 0.0833. The molecular weight excluding hydrogens is 250 g/mol. The highest BCUT2D eigenvalue weighted by Gasteiger charge is 2.03. The second-order valence-electron chi connectivity index (χ2n) is 3.60. The standard InChI is InChI=1S/C12H10ClN5/c13-12-16-7-10(15)11(18-12)17-9-3-1-8(2-4-9)5-6-14/h1-4,7H,5,15H2,(H,16,17,18). The molecule has 0 aliphatic carbocycles. The Morgan fingerprint density at radius 3 is 2.72 bits per heavy atom. The molecule has 6 heteroatoms. The van der Waals surface area contributed by atoms with Gasteiger partial charge in [0.15, 0.2) is 5.82 Å². The minimum Gasteiger partial charge on any atom is -0.394 e. The van der Waals surface area contributed by atoms with Crippen molar-refractivity contribution in [2.75, 3.05) is 11.1 Å². The second-order valence-corrected chi connectivity index (χ2v) is 3.94. The number of anilines is 3. The molecule has 1 aromatic carbocycles. The van der Waals surface area contributed by atoms with E-state index in [4.69, 9.17) is 22.6 Å². The Morgan fingerprint density at radius 2 is 2.06 bits per heavy atom. The summed E-state index contributed by atoms with van der Waals surface area (Å²) < 4.78 is 0. The van der Waals surface area contributed by atoms with Gasteiger partial charge in [0.25, 0.3) is 0 Å². The average Bonchev–Trinajstić information content (AvgIpc) is 2.37. The van der Waals surface area contributed by atoms with Crippen molar-refractivity contribution in [2.45, 2.75) is 6.42 Å². The fourth-order valence-corrected chi connectivity index (χ4v) is 1.54. The summed E-state index contributed by atoms with van der Waals surface area (Å²) in [6.45, 7) is 0. The molecule has 5 nitrogen and oxygen atoms in total. The lowest BCUT2D eigenvalue weighted by molar-refractivity contribution is 1.17. The Bertz CT molecular complexity index is 588. The first-order chi connectivity index (χ1) is 8.69. The van der Waals surface area contributed by atoms with Gasteiger partial charge in [-0.3, -0.25) is 0 Å². The Hall–Kier alpha value is -2.32. The first-order valence-electron chi connectivity index (χ1n) is 5.20. The van der Waals surface area contributed by atoms with E-state index in [-0.39, 0.29) is 5.28 Å². The predicted molar refractivity (Wildman–Crippen MR) is 70.5 cm³/mol. The third kappa shape index (κ3) is 2.87. The van der Waals surface area contributed by atoms with Crippen molar-refractivity contribution in [3.05, 3.63) is 41.3 Å². The molecule has 0 saturated heterocycles. The van der Waals surface area contributed by atoms with Crippen molar-refractivity contribution < 1.29 is 0 Å². The number of hydrogen-bond donors (Lipinski definition) is 2. The molecule has 0 aliphatic rings. The van der Waals surface area contributed by atoms with Gasteiger partial charge in [-0.2, -0.15) is 10.2 Å². The lowest BCUT2D eigenvalue weighted by atomic mass is 10.1. The molecular formula is C12H10ClN5. The van der Waals surface area contributed by atoms with Gasteiger partial charge >= 0.3 is 0 Å². The largest absolute Gasteiger partial charge is 0.394 e. The van der Waals surface area contributed by atoms with Gasteiger partial charge in [-0.05, 0) is 29.3 Å². The number of nitrogens with one attached hydrogen (secondary N) is 1. The highest BCUT2D eigenvalue weighted by Crippen LogP contribution is 2.21. The molecule has 18 heavy (non-hydrogen) atoms. The number of benzene rings is 1. The van der Waals surface area contributed by atoms with Crippen LogP contribution in [-0.4, -0.2) is 9.97 Å². The predicted octanol–water partition coefficient (Wildman–Crippen LogP) is 2.52. The van der Waals surface area contributed by atoms with E-state index in [0.717, 1.165) is 11.3 Å². The van der Waals surface area contributed by atoms with Crippen LogP contribution in [0, 0.1) is 11.3 Å². The van der Waals surface area contributed by atoms with Crippen molar-refractivity contribution in [1.82, 2.24) is 9.97 Å². The van der Waals surface area contributed by atoms with Gasteiger partial charge in [0.05, 0.1) is 24.4 Å². The lowest BCUT2D eigenvalue weighted by Gasteiger charge is -2.08. The van der Waals surface area contributed by atoms with Crippen LogP contribution < -0.4 is 11.1 Å². The van der Waals surface area contributed by atoms with E-state index in [1.807, 2.05) is 24.3 Å². The molecule has 0 fully saturated rings. The summed E-state index contributed by atoms with van der Waals surface area (Å²) in [6.07, 6.45) is 1.84. The topological polar surface area (TPSA) is 87.6 Å². The third-order valence-corrected chi connectivity index (χ3v) is 2.47. The van der Waals surface area contributed by atoms with Crippen molar-refractivity contribution in [3.8, 4) is 6.07 Å². The zero-order valence-corrected chi connectivity index (χ0v) is 10.1. The molecule has 90 valence electrons. The number of aromatic nitrogens is 2. The Morgan fingerprint density at radius 1 is 1.33 bits per heavy atom. The summed E-state index contributed by atoms with van der Waals surface area (Å²) >= 11 is 5.70. The highest BCUT2D eigenvalue weighted by molar-refractivity contribution is 6.28. The van der Waals surface area contributed by atoms with E-state index in [2.05, 4.69) is 21.4 Å². The first kappa shape index (κ1) is 12.1. The van der Waals surface area contributed by atoms with Crippen molar-refractivity contribution in [3.63, 3.8) is 0 Å². The number of nitrogen functional groups attached to an aromatic ring is 1. The van der Waals surface area contributed by atoms with Crippen molar-refractivity contribution in [2.24, 2.45) is 0 Å². The zero-order valence-electron chi connectivity index (χ0n) is 9.39. The summed E-state index contributed by atoms with van der Waals surface area (Å²) in [4.78, 5) is 7.77. The van der Waals surface area contributed by atoms with Crippen LogP contribution in [0.15, 0.2) is 30.5 Å². The molecule has 0 aliphatic heterocycles. The Balaban J connectivity index is 2.18. The molecule has 2 aromatic rings. The van der Waals surface area contributed by atoms with E-state index in [1.165, 1.54) is 6.20 Å². The number of nitrogens with zero attached hydrogens (tertiary/aromatic N) is 3. The second kappa shape index (κ2) is 5.34. The van der Waals surface area contributed by atoms with E-state index in [9.17, 15) is 0 Å². The molecule has 0 unspecified atom stereocenters. The molecule has 0 atom stereocenters. The van der Waals surface area contributed by atoms with E-state index < -0.39 is 0 Å². The van der Waals surface area contributed by atoms with E-state index >= 15 is 0 Å². The number of hydrogen-bond acceptors (Lipinski definition) is 5. The van der Waals surface area contributed by atoms with Crippen molar-refractivity contribution in [1.29, 1.82) is 5.26 Å². The Kier molecular flexibility index (Phi) is 3.60.